The molecule has 2 aromatic heterocycles. The summed E-state index contributed by atoms with van der Waals surface area (Å²) < 4.78 is 129. The Hall–Kier alpha value is -3.96. The summed E-state index contributed by atoms with van der Waals surface area (Å²) >= 11 is 5.84. The third kappa shape index (κ3) is 8.36. The third-order valence-corrected chi connectivity index (χ3v) is 10.7. The van der Waals surface area contributed by atoms with Crippen molar-refractivity contribution >= 4 is 43.6 Å². The van der Waals surface area contributed by atoms with E-state index in [9.17, 15) is 48.0 Å². The highest BCUT2D eigenvalue weighted by Gasteiger charge is 2.34. The lowest BCUT2D eigenvalue weighted by Gasteiger charge is -2.14. The fraction of sp³-hybridized carbons (Fsp3) is 0.300. The number of allylic oxidation sites excluding steroid dienone is 1. The van der Waals surface area contributed by atoms with E-state index in [0.29, 0.717) is 29.1 Å². The second-order valence-corrected chi connectivity index (χ2v) is 15.3. The van der Waals surface area contributed by atoms with Crippen LogP contribution in [0.4, 0.5) is 26.3 Å². The molecule has 0 atom stereocenters. The highest BCUT2D eigenvalue weighted by molar-refractivity contribution is 7.91. The molecular weight excluding hydrogens is 710 g/mol. The van der Waals surface area contributed by atoms with Crippen LogP contribution in [-0.4, -0.2) is 53.7 Å². The van der Waals surface area contributed by atoms with E-state index in [0.717, 1.165) is 24.3 Å². The van der Waals surface area contributed by atoms with Gasteiger partial charge in [-0.05, 0) is 49.4 Å². The van der Waals surface area contributed by atoms with Crippen molar-refractivity contribution in [1.29, 1.82) is 0 Å². The molecule has 18 heteroatoms. The molecule has 260 valence electrons. The zero-order valence-electron chi connectivity index (χ0n) is 26.0. The second-order valence-electron chi connectivity index (χ2n) is 10.2. The van der Waals surface area contributed by atoms with Gasteiger partial charge >= 0.3 is 12.4 Å². The maximum absolute atomic E-state index is 13.0. The number of nitrogens with zero attached hydrogens (tertiary/aromatic N) is 4. The van der Waals surface area contributed by atoms with E-state index in [2.05, 4.69) is 9.97 Å². The first-order valence-electron chi connectivity index (χ1n) is 13.8. The number of hydrogen-bond donors (Lipinski definition) is 0. The molecule has 4 rings (SSSR count). The molecule has 4 aromatic rings. The summed E-state index contributed by atoms with van der Waals surface area (Å²) in [6.07, 6.45) is -4.46. The van der Waals surface area contributed by atoms with Gasteiger partial charge < -0.3 is 9.13 Å². The lowest BCUT2D eigenvalue weighted by Crippen LogP contribution is -2.11. The van der Waals surface area contributed by atoms with E-state index >= 15 is 0 Å². The van der Waals surface area contributed by atoms with Crippen LogP contribution in [0, 0.1) is 0 Å². The van der Waals surface area contributed by atoms with Gasteiger partial charge in [-0.25, -0.2) is 26.8 Å². The van der Waals surface area contributed by atoms with Crippen LogP contribution in [-0.2, 0) is 46.1 Å². The summed E-state index contributed by atoms with van der Waals surface area (Å²) in [6.45, 7) is 4.39. The Bertz CT molecular complexity index is 2080. The van der Waals surface area contributed by atoms with Crippen molar-refractivity contribution in [3.05, 3.63) is 76.3 Å². The first kappa shape index (κ1) is 38.5. The monoisotopic (exact) mass is 738 g/mol. The van der Waals surface area contributed by atoms with Crippen LogP contribution in [0.2, 0.25) is 0 Å². The van der Waals surface area contributed by atoms with Gasteiger partial charge in [0, 0.05) is 30.3 Å². The third-order valence-electron chi connectivity index (χ3n) is 7.05. The van der Waals surface area contributed by atoms with Crippen molar-refractivity contribution in [3.63, 3.8) is 0 Å². The maximum atomic E-state index is 13.0. The molecule has 0 aliphatic carbocycles. The minimum absolute atomic E-state index is 0.0236. The normalized spacial score (nSPS) is 12.9. The number of hydrogen-bond acceptors (Lipinski definition) is 7. The predicted octanol–water partition coefficient (Wildman–Crippen LogP) is 7.21. The number of imidazole rings is 2. The summed E-state index contributed by atoms with van der Waals surface area (Å²) in [5, 5.41) is 0.489. The molecule has 48 heavy (non-hydrogen) atoms. The molecule has 2 heterocycles. The van der Waals surface area contributed by atoms with Gasteiger partial charge in [0.05, 0.1) is 50.5 Å². The van der Waals surface area contributed by atoms with Crippen molar-refractivity contribution in [1.82, 2.24) is 19.1 Å². The number of sulfone groups is 2. The van der Waals surface area contributed by atoms with E-state index in [-0.39, 0.29) is 40.0 Å². The minimum Gasteiger partial charge on any atom is -0.328 e. The van der Waals surface area contributed by atoms with E-state index in [1.165, 1.54) is 37.9 Å². The van der Waals surface area contributed by atoms with Crippen molar-refractivity contribution < 1.29 is 48.0 Å². The van der Waals surface area contributed by atoms with E-state index in [1.807, 2.05) is 0 Å². The fourth-order valence-corrected chi connectivity index (χ4v) is 6.72. The fourth-order valence-electron chi connectivity index (χ4n) is 4.39. The van der Waals surface area contributed by atoms with Gasteiger partial charge in [0.15, 0.2) is 26.0 Å². The number of carbonyl (C=O) groups excluding carboxylic acids is 1. The second kappa shape index (κ2) is 14.3. The average Bonchev–Trinajstić information content (AvgIpc) is 3.56. The highest BCUT2D eigenvalue weighted by Crippen LogP contribution is 2.37. The molecule has 0 bridgehead atoms. The number of alkyl halides is 6. The van der Waals surface area contributed by atoms with Gasteiger partial charge in [0.1, 0.15) is 17.3 Å². The van der Waals surface area contributed by atoms with Gasteiger partial charge in [-0.15, -0.1) is 0 Å². The van der Waals surface area contributed by atoms with E-state index in [4.69, 9.17) is 11.6 Å². The molecule has 9 nitrogen and oxygen atoms in total. The highest BCUT2D eigenvalue weighted by atomic mass is 35.5. The van der Waals surface area contributed by atoms with Crippen LogP contribution in [0.1, 0.15) is 48.1 Å². The van der Waals surface area contributed by atoms with Crippen molar-refractivity contribution in [2.45, 2.75) is 42.9 Å². The zero-order valence-corrected chi connectivity index (χ0v) is 28.4. The molecule has 0 aliphatic rings. The molecule has 0 fully saturated rings. The Morgan fingerprint density at radius 2 is 1.12 bits per heavy atom. The number of aldehydes is 1. The number of rotatable bonds is 8. The van der Waals surface area contributed by atoms with Gasteiger partial charge in [-0.1, -0.05) is 25.4 Å². The first-order chi connectivity index (χ1) is 22.1. The molecular formula is C30H29ClF6N4O5S2. The lowest BCUT2D eigenvalue weighted by molar-refractivity contribution is -0.138. The smallest absolute Gasteiger partial charge is 0.328 e. The van der Waals surface area contributed by atoms with Crippen LogP contribution in [0.3, 0.4) is 0 Å². The van der Waals surface area contributed by atoms with Crippen molar-refractivity contribution in [2.24, 2.45) is 14.1 Å². The van der Waals surface area contributed by atoms with E-state index < -0.39 is 52.9 Å². The maximum Gasteiger partial charge on any atom is 0.416 e. The van der Waals surface area contributed by atoms with Gasteiger partial charge in [0.2, 0.25) is 0 Å². The molecule has 0 radical (unpaired) electrons. The van der Waals surface area contributed by atoms with Crippen molar-refractivity contribution in [2.75, 3.05) is 11.5 Å². The molecule has 0 aliphatic heterocycles. The van der Waals surface area contributed by atoms with Gasteiger partial charge in [-0.3, -0.25) is 4.79 Å². The molecule has 2 aromatic carbocycles. The number of carbonyl (C=O) groups is 1. The van der Waals surface area contributed by atoms with Gasteiger partial charge in [-0.2, -0.15) is 26.3 Å². The standard InChI is InChI=1S/C16H16ClF3N2O2S.C14H13F3N2O3S/c1-4-25(23,24)14-8-11(16(18,19)20)5-6-13(14)15-21-9-12(22(15)3)7-10(2)17;1-3-23(21,22)12-6-9(14(15,16)17)4-5-11(12)13-18-7-10(8-20)19(13)2/h5-9H,4H2,1-3H3;4-8H,3H2,1-2H3. The minimum atomic E-state index is -4.66. The largest absolute Gasteiger partial charge is 0.416 e. The Morgan fingerprint density at radius 1 is 0.750 bits per heavy atom. The summed E-state index contributed by atoms with van der Waals surface area (Å²) in [6, 6.07) is 5.09. The topological polar surface area (TPSA) is 121 Å². The SMILES string of the molecule is CCS(=O)(=O)c1cc(C(F)(F)F)ccc1-c1ncc(C=C(C)Cl)n1C.CCS(=O)(=O)c1cc(C(F)(F)F)ccc1-c1ncc(C=O)n1C. The summed E-state index contributed by atoms with van der Waals surface area (Å²) in [5.41, 5.74) is -1.16. The van der Waals surface area contributed by atoms with Crippen LogP contribution < -0.4 is 0 Å². The van der Waals surface area contributed by atoms with E-state index in [1.54, 1.807) is 24.6 Å². The molecule has 0 saturated carbocycles. The van der Waals surface area contributed by atoms with Crippen LogP contribution in [0.25, 0.3) is 28.9 Å². The number of aromatic nitrogens is 4. The number of halogens is 7. The molecule has 0 spiro atoms. The first-order valence-corrected chi connectivity index (χ1v) is 17.5. The van der Waals surface area contributed by atoms with Gasteiger partial charge in [0.25, 0.3) is 0 Å². The molecule has 0 amide bonds. The molecule has 0 saturated heterocycles. The van der Waals surface area contributed by atoms with Crippen LogP contribution in [0.5, 0.6) is 0 Å². The van der Waals surface area contributed by atoms with Crippen LogP contribution in [0.15, 0.2) is 63.6 Å². The summed E-state index contributed by atoms with van der Waals surface area (Å²) in [7, 11) is -4.69. The average molecular weight is 739 g/mol. The summed E-state index contributed by atoms with van der Waals surface area (Å²) in [5.74, 6) is -0.330. The molecule has 0 N–H and O–H groups in total. The lowest BCUT2D eigenvalue weighted by atomic mass is 10.1. The Kier molecular flexibility index (Phi) is 11.4. The molecule has 0 unspecified atom stereocenters. The Balaban J connectivity index is 0.000000261. The Morgan fingerprint density at radius 3 is 1.44 bits per heavy atom. The zero-order chi connectivity index (χ0) is 36.4. The Labute approximate surface area is 277 Å². The van der Waals surface area contributed by atoms with Crippen LogP contribution >= 0.6 is 11.6 Å². The van der Waals surface area contributed by atoms with Crippen molar-refractivity contribution in [3.8, 4) is 22.8 Å². The quantitative estimate of drug-likeness (QED) is 0.138. The summed E-state index contributed by atoms with van der Waals surface area (Å²) in [4.78, 5) is 18.1. The number of benzene rings is 2. The predicted molar refractivity (Wildman–Crippen MR) is 168 cm³/mol.